The quantitative estimate of drug-likeness (QED) is 0.857. The third kappa shape index (κ3) is 2.57. The smallest absolute Gasteiger partial charge is 0.0477 e. The Morgan fingerprint density at radius 1 is 1.38 bits per heavy atom. The highest BCUT2D eigenvalue weighted by atomic mass is 35.5. The Hall–Kier alpha value is -0.570. The largest absolute Gasteiger partial charge is 0.396 e. The summed E-state index contributed by atoms with van der Waals surface area (Å²) in [6.45, 7) is 2.34. The lowest BCUT2D eigenvalue weighted by atomic mass is 9.81. The molecule has 1 aliphatic rings. The lowest BCUT2D eigenvalue weighted by Gasteiger charge is -2.36. The molecule has 1 saturated heterocycles. The highest BCUT2D eigenvalue weighted by Crippen LogP contribution is 2.32. The van der Waals surface area contributed by atoms with Crippen LogP contribution in [-0.2, 0) is 0 Å². The topological polar surface area (TPSA) is 23.5 Å². The van der Waals surface area contributed by atoms with Crippen LogP contribution in [0.1, 0.15) is 17.9 Å². The number of aliphatic hydroxyl groups excluding tert-OH is 1. The maximum atomic E-state index is 9.44. The third-order valence-corrected chi connectivity index (χ3v) is 3.72. The van der Waals surface area contributed by atoms with E-state index in [1.54, 1.807) is 0 Å². The summed E-state index contributed by atoms with van der Waals surface area (Å²) in [7, 11) is 2.11. The van der Waals surface area contributed by atoms with Crippen LogP contribution >= 0.6 is 11.6 Å². The number of benzene rings is 1. The molecular weight excluding hydrogens is 222 g/mol. The second-order valence-electron chi connectivity index (χ2n) is 4.65. The number of likely N-dealkylation sites (tertiary alicyclic amines) is 1. The molecular formula is C13H18ClNO. The minimum Gasteiger partial charge on any atom is -0.396 e. The Kier molecular flexibility index (Phi) is 3.85. The number of aliphatic hydroxyl groups is 1. The average Bonchev–Trinajstić information content (AvgIpc) is 2.30. The fraction of sp³-hybridized carbons (Fsp3) is 0.538. The number of piperidine rings is 1. The molecule has 2 nitrogen and oxygen atoms in total. The minimum absolute atomic E-state index is 0.262. The molecule has 16 heavy (non-hydrogen) atoms. The average molecular weight is 240 g/mol. The SMILES string of the molecule is CN1CC[C@H](c2ccc(Cl)cc2)[C@@H](CO)C1. The first-order chi connectivity index (χ1) is 7.70. The van der Waals surface area contributed by atoms with Crippen molar-refractivity contribution in [3.05, 3.63) is 34.9 Å². The molecule has 3 heteroatoms. The van der Waals surface area contributed by atoms with E-state index < -0.39 is 0 Å². The molecule has 1 fully saturated rings. The van der Waals surface area contributed by atoms with Gasteiger partial charge in [0.25, 0.3) is 0 Å². The van der Waals surface area contributed by atoms with Crippen LogP contribution in [0.25, 0.3) is 0 Å². The predicted octanol–water partition coefficient (Wildman–Crippen LogP) is 2.37. The molecule has 0 radical (unpaired) electrons. The number of hydrogen-bond donors (Lipinski definition) is 1. The zero-order valence-corrected chi connectivity index (χ0v) is 10.3. The first kappa shape index (κ1) is 11.9. The van der Waals surface area contributed by atoms with E-state index in [0.717, 1.165) is 24.5 Å². The van der Waals surface area contributed by atoms with Gasteiger partial charge in [0.2, 0.25) is 0 Å². The maximum Gasteiger partial charge on any atom is 0.0477 e. The molecule has 1 N–H and O–H groups in total. The van der Waals surface area contributed by atoms with Gasteiger partial charge in [-0.2, -0.15) is 0 Å². The van der Waals surface area contributed by atoms with Gasteiger partial charge in [-0.05, 0) is 43.6 Å². The summed E-state index contributed by atoms with van der Waals surface area (Å²) in [5, 5.41) is 10.2. The van der Waals surface area contributed by atoms with Crippen LogP contribution in [0, 0.1) is 5.92 Å². The molecule has 2 atom stereocenters. The summed E-state index contributed by atoms with van der Waals surface area (Å²) in [6, 6.07) is 8.04. The molecule has 1 aliphatic heterocycles. The highest BCUT2D eigenvalue weighted by molar-refractivity contribution is 6.30. The normalized spacial score (nSPS) is 26.9. The molecule has 0 bridgehead atoms. The van der Waals surface area contributed by atoms with Crippen molar-refractivity contribution in [2.45, 2.75) is 12.3 Å². The van der Waals surface area contributed by atoms with Crippen LogP contribution in [-0.4, -0.2) is 36.8 Å². The highest BCUT2D eigenvalue weighted by Gasteiger charge is 2.28. The molecule has 0 saturated carbocycles. The Bertz CT molecular complexity index is 338. The van der Waals surface area contributed by atoms with Crippen molar-refractivity contribution in [3.8, 4) is 0 Å². The van der Waals surface area contributed by atoms with E-state index in [4.69, 9.17) is 11.6 Å². The van der Waals surface area contributed by atoms with Gasteiger partial charge in [-0.1, -0.05) is 23.7 Å². The second kappa shape index (κ2) is 5.17. The molecule has 0 unspecified atom stereocenters. The standard InChI is InChI=1S/C13H18ClNO/c1-15-7-6-13(11(8-15)9-16)10-2-4-12(14)5-3-10/h2-5,11,13,16H,6-9H2,1H3/t11-,13-/m1/s1. The van der Waals surface area contributed by atoms with E-state index >= 15 is 0 Å². The number of hydrogen-bond acceptors (Lipinski definition) is 2. The lowest BCUT2D eigenvalue weighted by Crippen LogP contribution is -2.38. The molecule has 1 aromatic rings. The van der Waals surface area contributed by atoms with E-state index in [1.165, 1.54) is 5.56 Å². The van der Waals surface area contributed by atoms with E-state index in [-0.39, 0.29) is 6.61 Å². The van der Waals surface area contributed by atoms with Crippen LogP contribution < -0.4 is 0 Å². The Balaban J connectivity index is 2.15. The molecule has 1 heterocycles. The van der Waals surface area contributed by atoms with Crippen molar-refractivity contribution in [1.29, 1.82) is 0 Å². The zero-order chi connectivity index (χ0) is 11.5. The molecule has 1 aromatic carbocycles. The van der Waals surface area contributed by atoms with Gasteiger partial charge in [0.15, 0.2) is 0 Å². The fourth-order valence-corrected chi connectivity index (χ4v) is 2.67. The van der Waals surface area contributed by atoms with Crippen LogP contribution in [0.3, 0.4) is 0 Å². The molecule has 0 spiro atoms. The summed E-state index contributed by atoms with van der Waals surface area (Å²) >= 11 is 5.89. The summed E-state index contributed by atoms with van der Waals surface area (Å²) < 4.78 is 0. The van der Waals surface area contributed by atoms with Crippen molar-refractivity contribution in [2.75, 3.05) is 26.7 Å². The van der Waals surface area contributed by atoms with Gasteiger partial charge in [-0.15, -0.1) is 0 Å². The van der Waals surface area contributed by atoms with E-state index in [2.05, 4.69) is 24.1 Å². The summed E-state index contributed by atoms with van der Waals surface area (Å²) in [4.78, 5) is 2.29. The molecule has 0 amide bonds. The fourth-order valence-electron chi connectivity index (χ4n) is 2.55. The summed E-state index contributed by atoms with van der Waals surface area (Å²) in [5.41, 5.74) is 1.30. The molecule has 0 aromatic heterocycles. The van der Waals surface area contributed by atoms with Crippen LogP contribution in [0.15, 0.2) is 24.3 Å². The summed E-state index contributed by atoms with van der Waals surface area (Å²) in [5.74, 6) is 0.818. The van der Waals surface area contributed by atoms with Crippen LogP contribution in [0.5, 0.6) is 0 Å². The van der Waals surface area contributed by atoms with Gasteiger partial charge in [0, 0.05) is 24.1 Å². The number of halogens is 1. The summed E-state index contributed by atoms with van der Waals surface area (Å²) in [6.07, 6.45) is 1.11. The Morgan fingerprint density at radius 2 is 2.06 bits per heavy atom. The predicted molar refractivity (Wildman–Crippen MR) is 66.9 cm³/mol. The first-order valence-electron chi connectivity index (χ1n) is 5.75. The Labute approximate surface area is 102 Å². The van der Waals surface area contributed by atoms with Gasteiger partial charge in [-0.25, -0.2) is 0 Å². The van der Waals surface area contributed by atoms with Crippen molar-refractivity contribution < 1.29 is 5.11 Å². The van der Waals surface area contributed by atoms with Crippen molar-refractivity contribution >= 4 is 11.6 Å². The van der Waals surface area contributed by atoms with Crippen LogP contribution in [0.2, 0.25) is 5.02 Å². The first-order valence-corrected chi connectivity index (χ1v) is 6.13. The van der Waals surface area contributed by atoms with E-state index in [9.17, 15) is 5.11 Å². The number of nitrogens with zero attached hydrogens (tertiary/aromatic N) is 1. The van der Waals surface area contributed by atoms with Gasteiger partial charge in [-0.3, -0.25) is 0 Å². The molecule has 2 rings (SSSR count). The maximum absolute atomic E-state index is 9.44. The lowest BCUT2D eigenvalue weighted by molar-refractivity contribution is 0.118. The van der Waals surface area contributed by atoms with Crippen molar-refractivity contribution in [2.24, 2.45) is 5.92 Å². The number of rotatable bonds is 2. The molecule has 88 valence electrons. The van der Waals surface area contributed by atoms with Crippen molar-refractivity contribution in [3.63, 3.8) is 0 Å². The van der Waals surface area contributed by atoms with Crippen LogP contribution in [0.4, 0.5) is 0 Å². The second-order valence-corrected chi connectivity index (χ2v) is 5.09. The van der Waals surface area contributed by atoms with Gasteiger partial charge in [0.05, 0.1) is 0 Å². The van der Waals surface area contributed by atoms with Gasteiger partial charge in [0.1, 0.15) is 0 Å². The minimum atomic E-state index is 0.262. The van der Waals surface area contributed by atoms with Gasteiger partial charge < -0.3 is 10.0 Å². The van der Waals surface area contributed by atoms with E-state index in [0.29, 0.717) is 11.8 Å². The monoisotopic (exact) mass is 239 g/mol. The zero-order valence-electron chi connectivity index (χ0n) is 9.56. The van der Waals surface area contributed by atoms with Crippen molar-refractivity contribution in [1.82, 2.24) is 4.90 Å². The van der Waals surface area contributed by atoms with Gasteiger partial charge >= 0.3 is 0 Å². The Morgan fingerprint density at radius 3 is 2.69 bits per heavy atom. The molecule has 0 aliphatic carbocycles. The third-order valence-electron chi connectivity index (χ3n) is 3.47. The van der Waals surface area contributed by atoms with E-state index in [1.807, 2.05) is 12.1 Å².